The van der Waals surface area contributed by atoms with Gasteiger partial charge in [0, 0.05) is 25.3 Å². The van der Waals surface area contributed by atoms with Crippen molar-refractivity contribution in [3.05, 3.63) is 18.0 Å². The number of nitrogens with zero attached hydrogens (tertiary/aromatic N) is 4. The van der Waals surface area contributed by atoms with Crippen molar-refractivity contribution in [2.24, 2.45) is 0 Å². The van der Waals surface area contributed by atoms with E-state index in [0.717, 1.165) is 31.5 Å². The summed E-state index contributed by atoms with van der Waals surface area (Å²) < 4.78 is 1.94. The highest BCUT2D eigenvalue weighted by molar-refractivity contribution is 5.96. The van der Waals surface area contributed by atoms with Crippen molar-refractivity contribution < 1.29 is 9.59 Å². The van der Waals surface area contributed by atoms with Crippen LogP contribution in [-0.2, 0) is 11.3 Å². The third kappa shape index (κ3) is 3.07. The fourth-order valence-electron chi connectivity index (χ4n) is 3.06. The molecule has 0 saturated carbocycles. The molecule has 1 N–H and O–H groups in total. The zero-order valence-electron chi connectivity index (χ0n) is 12.3. The summed E-state index contributed by atoms with van der Waals surface area (Å²) in [4.78, 5) is 27.2. The Labute approximate surface area is 123 Å². The third-order valence-electron chi connectivity index (χ3n) is 4.16. The van der Waals surface area contributed by atoms with Crippen molar-refractivity contribution in [2.75, 3.05) is 26.2 Å². The number of carbonyl (C=O) groups excluding carboxylic acids is 2. The number of imide groups is 1. The molecule has 7 nitrogen and oxygen atoms in total. The first-order valence-corrected chi connectivity index (χ1v) is 7.45. The van der Waals surface area contributed by atoms with Crippen molar-refractivity contribution in [3.63, 3.8) is 0 Å². The Bertz CT molecular complexity index is 541. The smallest absolute Gasteiger partial charge is 0.324 e. The van der Waals surface area contributed by atoms with Gasteiger partial charge in [-0.1, -0.05) is 0 Å². The Morgan fingerprint density at radius 3 is 3.00 bits per heavy atom. The van der Waals surface area contributed by atoms with Gasteiger partial charge in [-0.25, -0.2) is 4.79 Å². The van der Waals surface area contributed by atoms with Crippen LogP contribution in [0.2, 0.25) is 0 Å². The number of urea groups is 1. The second-order valence-electron chi connectivity index (χ2n) is 5.78. The largest absolute Gasteiger partial charge is 0.336 e. The van der Waals surface area contributed by atoms with Gasteiger partial charge in [0.1, 0.15) is 0 Å². The number of hydrogen-bond donors (Lipinski definition) is 1. The number of amides is 3. The molecule has 0 radical (unpaired) electrons. The first kappa shape index (κ1) is 14.1. The molecule has 3 amide bonds. The molecule has 1 aromatic heterocycles. The molecule has 2 aliphatic rings. The predicted octanol–water partition coefficient (Wildman–Crippen LogP) is 0.208. The molecule has 0 unspecified atom stereocenters. The first-order valence-electron chi connectivity index (χ1n) is 7.45. The standard InChI is InChI=1S/C14H21N5O2/c1-11-7-16-18(8-11)9-12-3-2-5-17(12)10-13(20)19-6-4-15-14(19)21/h7-8,12H,2-6,9-10H2,1H3,(H,15,21)/t12-/m1/s1. The molecule has 0 bridgehead atoms. The van der Waals surface area contributed by atoms with Crippen molar-refractivity contribution in [1.82, 2.24) is 24.9 Å². The number of aromatic nitrogens is 2. The number of carbonyl (C=O) groups is 2. The highest BCUT2D eigenvalue weighted by atomic mass is 16.2. The second-order valence-corrected chi connectivity index (χ2v) is 5.78. The molecule has 1 atom stereocenters. The fraction of sp³-hybridized carbons (Fsp3) is 0.643. The van der Waals surface area contributed by atoms with Crippen LogP contribution >= 0.6 is 0 Å². The van der Waals surface area contributed by atoms with Gasteiger partial charge in [-0.15, -0.1) is 0 Å². The summed E-state index contributed by atoms with van der Waals surface area (Å²) in [5.41, 5.74) is 1.14. The van der Waals surface area contributed by atoms with Crippen LogP contribution in [0.15, 0.2) is 12.4 Å². The first-order chi connectivity index (χ1) is 10.1. The summed E-state index contributed by atoms with van der Waals surface area (Å²) in [5.74, 6) is -0.103. The summed E-state index contributed by atoms with van der Waals surface area (Å²) in [6.07, 6.45) is 6.02. The number of aryl methyl sites for hydroxylation is 1. The summed E-state index contributed by atoms with van der Waals surface area (Å²) in [7, 11) is 0. The van der Waals surface area contributed by atoms with E-state index in [4.69, 9.17) is 0 Å². The Morgan fingerprint density at radius 2 is 2.33 bits per heavy atom. The third-order valence-corrected chi connectivity index (χ3v) is 4.16. The van der Waals surface area contributed by atoms with Gasteiger partial charge in [0.05, 0.1) is 19.3 Å². The zero-order chi connectivity index (χ0) is 14.8. The van der Waals surface area contributed by atoms with E-state index in [2.05, 4.69) is 15.3 Å². The topological polar surface area (TPSA) is 70.5 Å². The highest BCUT2D eigenvalue weighted by Crippen LogP contribution is 2.19. The van der Waals surface area contributed by atoms with E-state index in [1.807, 2.05) is 24.0 Å². The molecule has 0 aliphatic carbocycles. The monoisotopic (exact) mass is 291 g/mol. The van der Waals surface area contributed by atoms with Crippen LogP contribution in [-0.4, -0.2) is 63.7 Å². The van der Waals surface area contributed by atoms with Gasteiger partial charge in [0.25, 0.3) is 0 Å². The second kappa shape index (κ2) is 5.85. The number of likely N-dealkylation sites (tertiary alicyclic amines) is 1. The lowest BCUT2D eigenvalue weighted by molar-refractivity contribution is -0.129. The van der Waals surface area contributed by atoms with Gasteiger partial charge in [-0.3, -0.25) is 19.3 Å². The molecule has 3 heterocycles. The van der Waals surface area contributed by atoms with Crippen LogP contribution in [0.3, 0.4) is 0 Å². The van der Waals surface area contributed by atoms with Gasteiger partial charge < -0.3 is 5.32 Å². The molecule has 2 saturated heterocycles. The lowest BCUT2D eigenvalue weighted by Gasteiger charge is -2.25. The minimum absolute atomic E-state index is 0.103. The maximum atomic E-state index is 12.2. The lowest BCUT2D eigenvalue weighted by Crippen LogP contribution is -2.44. The molecule has 21 heavy (non-hydrogen) atoms. The molecule has 2 fully saturated rings. The number of rotatable bonds is 4. The SMILES string of the molecule is Cc1cnn(C[C@H]2CCCN2CC(=O)N2CCNC2=O)c1. The van der Waals surface area contributed by atoms with Crippen LogP contribution in [0.1, 0.15) is 18.4 Å². The summed E-state index contributed by atoms with van der Waals surface area (Å²) in [6.45, 7) is 5.08. The predicted molar refractivity (Wildman–Crippen MR) is 76.7 cm³/mol. The highest BCUT2D eigenvalue weighted by Gasteiger charge is 2.31. The Morgan fingerprint density at radius 1 is 1.48 bits per heavy atom. The molecular formula is C14H21N5O2. The number of hydrogen-bond acceptors (Lipinski definition) is 4. The Hall–Kier alpha value is -1.89. The summed E-state index contributed by atoms with van der Waals surface area (Å²) in [6, 6.07) is 0.0531. The maximum absolute atomic E-state index is 12.2. The minimum atomic E-state index is -0.265. The van der Waals surface area contributed by atoms with Gasteiger partial charge in [0.15, 0.2) is 0 Å². The Balaban J connectivity index is 1.59. The zero-order valence-corrected chi connectivity index (χ0v) is 12.3. The van der Waals surface area contributed by atoms with E-state index in [0.29, 0.717) is 25.7 Å². The van der Waals surface area contributed by atoms with Crippen LogP contribution in [0.5, 0.6) is 0 Å². The van der Waals surface area contributed by atoms with Gasteiger partial charge in [-0.2, -0.15) is 5.10 Å². The van der Waals surface area contributed by atoms with E-state index < -0.39 is 0 Å². The average Bonchev–Trinajstić information content (AvgIpc) is 3.14. The van der Waals surface area contributed by atoms with E-state index >= 15 is 0 Å². The molecule has 3 rings (SSSR count). The molecule has 1 aromatic rings. The van der Waals surface area contributed by atoms with Gasteiger partial charge >= 0.3 is 6.03 Å². The fourth-order valence-corrected chi connectivity index (χ4v) is 3.06. The maximum Gasteiger partial charge on any atom is 0.324 e. The molecule has 0 aromatic carbocycles. The van der Waals surface area contributed by atoms with E-state index in [1.165, 1.54) is 4.90 Å². The quantitative estimate of drug-likeness (QED) is 0.861. The van der Waals surface area contributed by atoms with E-state index in [9.17, 15) is 9.59 Å². The Kier molecular flexibility index (Phi) is 3.92. The van der Waals surface area contributed by atoms with Crippen molar-refractivity contribution >= 4 is 11.9 Å². The summed E-state index contributed by atoms with van der Waals surface area (Å²) in [5, 5.41) is 6.98. The molecular weight excluding hydrogens is 270 g/mol. The molecule has 0 spiro atoms. The van der Waals surface area contributed by atoms with Gasteiger partial charge in [-0.05, 0) is 31.9 Å². The van der Waals surface area contributed by atoms with Crippen molar-refractivity contribution in [2.45, 2.75) is 32.4 Å². The molecule has 114 valence electrons. The van der Waals surface area contributed by atoms with E-state index in [1.54, 1.807) is 0 Å². The van der Waals surface area contributed by atoms with Crippen LogP contribution in [0, 0.1) is 6.92 Å². The lowest BCUT2D eigenvalue weighted by atomic mass is 10.2. The van der Waals surface area contributed by atoms with Crippen molar-refractivity contribution in [3.8, 4) is 0 Å². The minimum Gasteiger partial charge on any atom is -0.336 e. The average molecular weight is 291 g/mol. The molecule has 7 heteroatoms. The van der Waals surface area contributed by atoms with Crippen LogP contribution in [0.25, 0.3) is 0 Å². The van der Waals surface area contributed by atoms with Crippen LogP contribution < -0.4 is 5.32 Å². The van der Waals surface area contributed by atoms with Crippen molar-refractivity contribution in [1.29, 1.82) is 0 Å². The molecule has 2 aliphatic heterocycles. The van der Waals surface area contributed by atoms with Crippen LogP contribution in [0.4, 0.5) is 4.79 Å². The summed E-state index contributed by atoms with van der Waals surface area (Å²) >= 11 is 0. The van der Waals surface area contributed by atoms with E-state index in [-0.39, 0.29) is 11.9 Å². The van der Waals surface area contributed by atoms with Gasteiger partial charge in [0.2, 0.25) is 5.91 Å². The number of nitrogens with one attached hydrogen (secondary N) is 1. The normalized spacial score (nSPS) is 22.8.